The molecule has 0 saturated carbocycles. The Hall–Kier alpha value is -2.71. The van der Waals surface area contributed by atoms with E-state index in [9.17, 15) is 4.79 Å². The third-order valence-corrected chi connectivity index (χ3v) is 6.68. The smallest absolute Gasteiger partial charge is 0.240 e. The van der Waals surface area contributed by atoms with Crippen LogP contribution in [0, 0.1) is 6.92 Å². The van der Waals surface area contributed by atoms with Gasteiger partial charge in [0.15, 0.2) is 5.82 Å². The van der Waals surface area contributed by atoms with E-state index in [2.05, 4.69) is 27.9 Å². The van der Waals surface area contributed by atoms with E-state index in [1.807, 2.05) is 54.1 Å². The van der Waals surface area contributed by atoms with Crippen molar-refractivity contribution in [1.82, 2.24) is 14.9 Å². The van der Waals surface area contributed by atoms with Crippen LogP contribution in [0.25, 0.3) is 0 Å². The van der Waals surface area contributed by atoms with Gasteiger partial charge >= 0.3 is 0 Å². The lowest BCUT2D eigenvalue weighted by molar-refractivity contribution is -0.116. The summed E-state index contributed by atoms with van der Waals surface area (Å²) in [6.07, 6.45) is 1.73. The number of hydrogen-bond donors (Lipinski definition) is 2. The summed E-state index contributed by atoms with van der Waals surface area (Å²) in [6.45, 7) is 4.06. The number of amides is 1. The lowest BCUT2D eigenvalue weighted by atomic mass is 10.0. The van der Waals surface area contributed by atoms with Crippen LogP contribution in [0.3, 0.4) is 0 Å². The first kappa shape index (κ1) is 21.5. The quantitative estimate of drug-likeness (QED) is 0.563. The summed E-state index contributed by atoms with van der Waals surface area (Å²) in [7, 11) is 1.58. The van der Waals surface area contributed by atoms with E-state index in [1.165, 1.54) is 11.8 Å². The Morgan fingerprint density at radius 2 is 2.10 bits per heavy atom. The molecule has 0 bridgehead atoms. The number of hydrogen-bond acceptors (Lipinski definition) is 6. The van der Waals surface area contributed by atoms with Crippen molar-refractivity contribution in [3.8, 4) is 5.75 Å². The normalized spacial score (nSPS) is 17.5. The van der Waals surface area contributed by atoms with Crippen LogP contribution in [0.2, 0.25) is 5.02 Å². The average Bonchev–Trinajstić information content (AvgIpc) is 3.16. The summed E-state index contributed by atoms with van der Waals surface area (Å²) in [5, 5.41) is 12.3. The fraction of sp³-hybridized carbons (Fsp3) is 0.318. The van der Waals surface area contributed by atoms with Crippen LogP contribution in [-0.4, -0.2) is 33.1 Å². The van der Waals surface area contributed by atoms with Gasteiger partial charge in [-0.15, -0.1) is 10.2 Å². The van der Waals surface area contributed by atoms with E-state index in [4.69, 9.17) is 16.3 Å². The predicted molar refractivity (Wildman–Crippen MR) is 124 cm³/mol. The number of carbonyl (C=O) groups is 1. The number of thioether (sulfide) groups is 1. The van der Waals surface area contributed by atoms with Crippen molar-refractivity contribution < 1.29 is 9.53 Å². The zero-order valence-corrected chi connectivity index (χ0v) is 19.1. The molecule has 0 aliphatic carbocycles. The molecule has 31 heavy (non-hydrogen) atoms. The molecule has 0 fully saturated rings. The molecule has 1 aliphatic heterocycles. The third kappa shape index (κ3) is 4.36. The number of nitrogens with zero attached hydrogens (tertiary/aromatic N) is 3. The van der Waals surface area contributed by atoms with Crippen LogP contribution in [0.4, 0.5) is 5.69 Å². The summed E-state index contributed by atoms with van der Waals surface area (Å²) in [5.41, 5.74) is 6.12. The van der Waals surface area contributed by atoms with Crippen molar-refractivity contribution in [2.45, 2.75) is 43.1 Å². The molecule has 1 aromatic heterocycles. The predicted octanol–water partition coefficient (Wildman–Crippen LogP) is 4.60. The molecule has 4 rings (SSSR count). The Morgan fingerprint density at radius 1 is 1.29 bits per heavy atom. The fourth-order valence-electron chi connectivity index (χ4n) is 3.53. The van der Waals surface area contributed by atoms with Gasteiger partial charge in [-0.2, -0.15) is 0 Å². The van der Waals surface area contributed by atoms with Gasteiger partial charge < -0.3 is 15.5 Å². The van der Waals surface area contributed by atoms with Crippen molar-refractivity contribution in [3.05, 3.63) is 64.4 Å². The van der Waals surface area contributed by atoms with Gasteiger partial charge in [-0.05, 0) is 42.7 Å². The van der Waals surface area contributed by atoms with Gasteiger partial charge in [-0.3, -0.25) is 4.79 Å². The van der Waals surface area contributed by atoms with Crippen molar-refractivity contribution in [2.24, 2.45) is 0 Å². The second kappa shape index (κ2) is 9.20. The maximum absolute atomic E-state index is 13.4. The molecule has 2 heterocycles. The monoisotopic (exact) mass is 457 g/mol. The summed E-state index contributed by atoms with van der Waals surface area (Å²) in [5.74, 6) is 1.31. The van der Waals surface area contributed by atoms with Gasteiger partial charge in [0.25, 0.3) is 0 Å². The van der Waals surface area contributed by atoms with Crippen LogP contribution in [-0.2, 0) is 11.2 Å². The van der Waals surface area contributed by atoms with Crippen LogP contribution in [0.15, 0.2) is 47.6 Å². The summed E-state index contributed by atoms with van der Waals surface area (Å²) < 4.78 is 7.17. The van der Waals surface area contributed by atoms with Gasteiger partial charge in [0, 0.05) is 12.1 Å². The van der Waals surface area contributed by atoms with Crippen molar-refractivity contribution in [1.29, 1.82) is 0 Å². The largest absolute Gasteiger partial charge is 0.495 e. The van der Waals surface area contributed by atoms with E-state index >= 15 is 0 Å². The van der Waals surface area contributed by atoms with E-state index in [-0.39, 0.29) is 11.9 Å². The van der Waals surface area contributed by atoms with Gasteiger partial charge in [0.1, 0.15) is 11.0 Å². The molecular formula is C22H24ClN5O2S. The number of anilines is 1. The Bertz CT molecular complexity index is 1100. The van der Waals surface area contributed by atoms with Crippen molar-refractivity contribution in [3.63, 3.8) is 0 Å². The number of para-hydroxylation sites is 1. The number of methoxy groups -OCH3 is 1. The molecule has 0 unspecified atom stereocenters. The molecule has 3 aromatic rings. The number of fused-ring (bicyclic) bond motifs is 1. The van der Waals surface area contributed by atoms with Gasteiger partial charge in [0.2, 0.25) is 11.1 Å². The molecule has 9 heteroatoms. The SMILES string of the molecule is CCCc1nnc2n1N[C@H](c1ccc(OC)c(Cl)c1)[C@@H](C(=O)Nc1ccccc1C)S2. The van der Waals surface area contributed by atoms with Gasteiger partial charge in [0.05, 0.1) is 18.2 Å². The number of aryl methyl sites for hydroxylation is 2. The maximum atomic E-state index is 13.4. The highest BCUT2D eigenvalue weighted by Crippen LogP contribution is 2.39. The standard InChI is InChI=1S/C22H24ClN5O2S/c1-4-7-18-25-26-22-28(18)27-19(14-10-11-17(30-3)15(23)12-14)20(31-22)21(29)24-16-9-6-5-8-13(16)2/h5-6,8-12,19-20,27H,4,7H2,1-3H3,(H,24,29)/t19-,20+/m1/s1. The van der Waals surface area contributed by atoms with Gasteiger partial charge in [-0.1, -0.05) is 54.6 Å². The van der Waals surface area contributed by atoms with Gasteiger partial charge in [-0.25, -0.2) is 4.68 Å². The van der Waals surface area contributed by atoms with E-state index in [0.29, 0.717) is 15.9 Å². The average molecular weight is 458 g/mol. The molecule has 2 N–H and O–H groups in total. The van der Waals surface area contributed by atoms with E-state index in [1.54, 1.807) is 7.11 Å². The summed E-state index contributed by atoms with van der Waals surface area (Å²) in [4.78, 5) is 13.4. The fourth-order valence-corrected chi connectivity index (χ4v) is 4.89. The molecule has 0 radical (unpaired) electrons. The van der Waals surface area contributed by atoms with Crippen LogP contribution in [0.1, 0.15) is 36.3 Å². The molecule has 0 saturated heterocycles. The third-order valence-electron chi connectivity index (χ3n) is 5.17. The van der Waals surface area contributed by atoms with Crippen LogP contribution < -0.4 is 15.5 Å². The van der Waals surface area contributed by atoms with Crippen molar-refractivity contribution in [2.75, 3.05) is 17.9 Å². The molecule has 1 amide bonds. The Balaban J connectivity index is 1.70. The number of rotatable bonds is 6. The Kier molecular flexibility index (Phi) is 6.38. The number of benzene rings is 2. The zero-order chi connectivity index (χ0) is 22.0. The highest BCUT2D eigenvalue weighted by molar-refractivity contribution is 8.00. The van der Waals surface area contributed by atoms with Crippen molar-refractivity contribution >= 4 is 35.0 Å². The van der Waals surface area contributed by atoms with Crippen LogP contribution >= 0.6 is 23.4 Å². The zero-order valence-electron chi connectivity index (χ0n) is 17.6. The highest BCUT2D eigenvalue weighted by Gasteiger charge is 2.38. The lowest BCUT2D eigenvalue weighted by Crippen LogP contribution is -2.41. The molecule has 162 valence electrons. The number of carbonyl (C=O) groups excluding carboxylic acids is 1. The molecule has 7 nitrogen and oxygen atoms in total. The Labute approximate surface area is 190 Å². The minimum atomic E-state index is -0.477. The molecule has 2 aromatic carbocycles. The first-order valence-electron chi connectivity index (χ1n) is 10.1. The summed E-state index contributed by atoms with van der Waals surface area (Å²) in [6, 6.07) is 13.0. The molecular weight excluding hydrogens is 434 g/mol. The minimum Gasteiger partial charge on any atom is -0.495 e. The van der Waals surface area contributed by atoms with E-state index in [0.717, 1.165) is 35.5 Å². The molecule has 1 aliphatic rings. The number of nitrogens with one attached hydrogen (secondary N) is 2. The first-order chi connectivity index (χ1) is 15.0. The maximum Gasteiger partial charge on any atom is 0.240 e. The topological polar surface area (TPSA) is 81.1 Å². The second-order valence-corrected chi connectivity index (χ2v) is 8.84. The first-order valence-corrected chi connectivity index (χ1v) is 11.3. The highest BCUT2D eigenvalue weighted by atomic mass is 35.5. The lowest BCUT2D eigenvalue weighted by Gasteiger charge is -2.33. The van der Waals surface area contributed by atoms with E-state index < -0.39 is 5.25 Å². The molecule has 0 spiro atoms. The summed E-state index contributed by atoms with van der Waals surface area (Å²) >= 11 is 7.79. The number of ether oxygens (including phenoxy) is 1. The van der Waals surface area contributed by atoms with Crippen LogP contribution in [0.5, 0.6) is 5.75 Å². The number of halogens is 1. The Morgan fingerprint density at radius 3 is 2.81 bits per heavy atom. The number of aromatic nitrogens is 3. The molecule has 2 atom stereocenters. The second-order valence-electron chi connectivity index (χ2n) is 7.33. The minimum absolute atomic E-state index is 0.116.